The van der Waals surface area contributed by atoms with Crippen molar-refractivity contribution in [1.29, 1.82) is 0 Å². The van der Waals surface area contributed by atoms with Gasteiger partial charge < -0.3 is 5.32 Å². The Labute approximate surface area is 76.6 Å². The summed E-state index contributed by atoms with van der Waals surface area (Å²) in [7, 11) is 0. The molecule has 0 saturated carbocycles. The minimum atomic E-state index is -0.420. The van der Waals surface area contributed by atoms with Crippen LogP contribution in [0.2, 0.25) is 0 Å². The molecule has 0 spiro atoms. The van der Waals surface area contributed by atoms with E-state index in [0.29, 0.717) is 17.4 Å². The highest BCUT2D eigenvalue weighted by Gasteiger charge is 2.02. The molecule has 0 unspecified atom stereocenters. The van der Waals surface area contributed by atoms with Crippen LogP contribution in [0.15, 0.2) is 4.79 Å². The third kappa shape index (κ3) is 2.85. The molecule has 1 aromatic heterocycles. The molecule has 0 bridgehead atoms. The first-order valence-corrected chi connectivity index (χ1v) is 4.27. The first-order chi connectivity index (χ1) is 6.09. The number of aromatic nitrogens is 3. The second-order valence-corrected chi connectivity index (χ2v) is 3.35. The number of anilines is 1. The van der Waals surface area contributed by atoms with Gasteiger partial charge in [0.1, 0.15) is 5.69 Å². The van der Waals surface area contributed by atoms with Gasteiger partial charge in [0.25, 0.3) is 0 Å². The molecule has 2 N–H and O–H groups in total. The van der Waals surface area contributed by atoms with E-state index in [1.165, 1.54) is 0 Å². The summed E-state index contributed by atoms with van der Waals surface area (Å²) in [4.78, 5) is 14.6. The Hall–Kier alpha value is -1.39. The molecule has 72 valence electrons. The van der Waals surface area contributed by atoms with E-state index < -0.39 is 5.69 Å². The zero-order valence-electron chi connectivity index (χ0n) is 8.09. The number of H-pyrrole nitrogens is 1. The maximum atomic E-state index is 10.8. The molecule has 5 heteroatoms. The monoisotopic (exact) mass is 182 g/mol. The summed E-state index contributed by atoms with van der Waals surface area (Å²) < 4.78 is 0. The Morgan fingerprint density at radius 3 is 2.85 bits per heavy atom. The fraction of sp³-hybridized carbons (Fsp3) is 0.625. The second-order valence-electron chi connectivity index (χ2n) is 3.35. The van der Waals surface area contributed by atoms with Crippen molar-refractivity contribution in [2.75, 3.05) is 11.9 Å². The highest BCUT2D eigenvalue weighted by Crippen LogP contribution is 2.04. The normalized spacial score (nSPS) is 10.5. The number of hydrogen-bond acceptors (Lipinski definition) is 4. The SMILES string of the molecule is Cc1n[nH]c(=O)nc1NCC(C)C. The van der Waals surface area contributed by atoms with Crippen LogP contribution in [0.5, 0.6) is 0 Å². The molecule has 0 fully saturated rings. The Balaban J connectivity index is 2.76. The number of aromatic amines is 1. The van der Waals surface area contributed by atoms with E-state index in [1.54, 1.807) is 6.92 Å². The molecule has 0 aliphatic carbocycles. The smallest absolute Gasteiger partial charge is 0.363 e. The van der Waals surface area contributed by atoms with Crippen LogP contribution in [0.4, 0.5) is 5.82 Å². The van der Waals surface area contributed by atoms with Crippen LogP contribution >= 0.6 is 0 Å². The summed E-state index contributed by atoms with van der Waals surface area (Å²) in [6.07, 6.45) is 0. The Kier molecular flexibility index (Phi) is 3.00. The Morgan fingerprint density at radius 2 is 2.23 bits per heavy atom. The summed E-state index contributed by atoms with van der Waals surface area (Å²) in [6.45, 7) is 6.76. The number of rotatable bonds is 3. The van der Waals surface area contributed by atoms with Gasteiger partial charge in [-0.05, 0) is 12.8 Å². The third-order valence-corrected chi connectivity index (χ3v) is 1.55. The lowest BCUT2D eigenvalue weighted by molar-refractivity contribution is 0.684. The van der Waals surface area contributed by atoms with Crippen LogP contribution in [0.1, 0.15) is 19.5 Å². The van der Waals surface area contributed by atoms with Gasteiger partial charge in [0.05, 0.1) is 0 Å². The Bertz CT molecular complexity index is 331. The number of aryl methyl sites for hydroxylation is 1. The maximum absolute atomic E-state index is 10.8. The van der Waals surface area contributed by atoms with E-state index in [-0.39, 0.29) is 0 Å². The quantitative estimate of drug-likeness (QED) is 0.715. The van der Waals surface area contributed by atoms with Gasteiger partial charge >= 0.3 is 5.69 Å². The first-order valence-electron chi connectivity index (χ1n) is 4.27. The van der Waals surface area contributed by atoms with Gasteiger partial charge in [-0.25, -0.2) is 9.89 Å². The fourth-order valence-electron chi connectivity index (χ4n) is 0.860. The van der Waals surface area contributed by atoms with Crippen molar-refractivity contribution in [1.82, 2.24) is 15.2 Å². The van der Waals surface area contributed by atoms with Crippen molar-refractivity contribution < 1.29 is 0 Å². The summed E-state index contributed by atoms with van der Waals surface area (Å²) in [5.41, 5.74) is 0.289. The molecular formula is C8H14N4O. The summed E-state index contributed by atoms with van der Waals surface area (Å²) >= 11 is 0. The number of nitrogens with zero attached hydrogens (tertiary/aromatic N) is 2. The lowest BCUT2D eigenvalue weighted by atomic mass is 10.2. The first kappa shape index (κ1) is 9.70. The van der Waals surface area contributed by atoms with Gasteiger partial charge in [-0.3, -0.25) is 0 Å². The van der Waals surface area contributed by atoms with Crippen LogP contribution in [0.25, 0.3) is 0 Å². The van der Waals surface area contributed by atoms with Gasteiger partial charge in [-0.1, -0.05) is 13.8 Å². The molecular weight excluding hydrogens is 168 g/mol. The highest BCUT2D eigenvalue weighted by molar-refractivity contribution is 5.37. The van der Waals surface area contributed by atoms with Crippen LogP contribution < -0.4 is 11.0 Å². The molecule has 0 aliphatic heterocycles. The topological polar surface area (TPSA) is 70.7 Å². The standard InChI is InChI=1S/C8H14N4O/c1-5(2)4-9-7-6(3)11-12-8(13)10-7/h5H,4H2,1-3H3,(H2,9,10,12,13). The van der Waals surface area contributed by atoms with Crippen molar-refractivity contribution in [2.45, 2.75) is 20.8 Å². The third-order valence-electron chi connectivity index (χ3n) is 1.55. The molecule has 0 amide bonds. The zero-order chi connectivity index (χ0) is 9.84. The average Bonchev–Trinajstić information content (AvgIpc) is 2.06. The van der Waals surface area contributed by atoms with E-state index in [1.807, 2.05) is 0 Å². The van der Waals surface area contributed by atoms with Crippen molar-refractivity contribution >= 4 is 5.82 Å². The minimum absolute atomic E-state index is 0.420. The second kappa shape index (κ2) is 4.02. The zero-order valence-corrected chi connectivity index (χ0v) is 8.09. The van der Waals surface area contributed by atoms with E-state index in [2.05, 4.69) is 34.3 Å². The van der Waals surface area contributed by atoms with Gasteiger partial charge in [0.2, 0.25) is 0 Å². The molecule has 0 saturated heterocycles. The van der Waals surface area contributed by atoms with E-state index in [9.17, 15) is 4.79 Å². The predicted molar refractivity (Wildman–Crippen MR) is 50.7 cm³/mol. The highest BCUT2D eigenvalue weighted by atomic mass is 16.1. The maximum Gasteiger partial charge on any atom is 0.363 e. The van der Waals surface area contributed by atoms with Crippen molar-refractivity contribution in [3.05, 3.63) is 16.2 Å². The van der Waals surface area contributed by atoms with E-state index in [4.69, 9.17) is 0 Å². The molecule has 0 aromatic carbocycles. The molecule has 0 radical (unpaired) electrons. The fourth-order valence-corrected chi connectivity index (χ4v) is 0.860. The average molecular weight is 182 g/mol. The Morgan fingerprint density at radius 1 is 1.54 bits per heavy atom. The van der Waals surface area contributed by atoms with Gasteiger partial charge in [-0.2, -0.15) is 10.1 Å². The summed E-state index contributed by atoms with van der Waals surface area (Å²) in [6, 6.07) is 0. The lowest BCUT2D eigenvalue weighted by Crippen LogP contribution is -2.19. The van der Waals surface area contributed by atoms with Crippen molar-refractivity contribution in [3.8, 4) is 0 Å². The number of hydrogen-bond donors (Lipinski definition) is 2. The van der Waals surface area contributed by atoms with Gasteiger partial charge in [0.15, 0.2) is 5.82 Å². The predicted octanol–water partition coefficient (Wildman–Crippen LogP) is 0.541. The summed E-state index contributed by atoms with van der Waals surface area (Å²) in [5.74, 6) is 1.08. The van der Waals surface area contributed by atoms with Gasteiger partial charge in [-0.15, -0.1) is 0 Å². The van der Waals surface area contributed by atoms with E-state index >= 15 is 0 Å². The largest absolute Gasteiger partial charge is 0.368 e. The number of nitrogens with one attached hydrogen (secondary N) is 2. The van der Waals surface area contributed by atoms with Crippen molar-refractivity contribution in [2.24, 2.45) is 5.92 Å². The molecule has 1 heterocycles. The van der Waals surface area contributed by atoms with E-state index in [0.717, 1.165) is 6.54 Å². The molecule has 1 rings (SSSR count). The molecule has 1 aromatic rings. The van der Waals surface area contributed by atoms with Crippen LogP contribution in [-0.4, -0.2) is 21.7 Å². The molecule has 0 atom stereocenters. The van der Waals surface area contributed by atoms with Crippen LogP contribution in [0.3, 0.4) is 0 Å². The van der Waals surface area contributed by atoms with Crippen LogP contribution in [0, 0.1) is 12.8 Å². The molecule has 5 nitrogen and oxygen atoms in total. The lowest BCUT2D eigenvalue weighted by Gasteiger charge is -2.08. The van der Waals surface area contributed by atoms with Gasteiger partial charge in [0, 0.05) is 6.54 Å². The molecule has 0 aliphatic rings. The minimum Gasteiger partial charge on any atom is -0.368 e. The van der Waals surface area contributed by atoms with Crippen LogP contribution in [-0.2, 0) is 0 Å². The summed E-state index contributed by atoms with van der Waals surface area (Å²) in [5, 5.41) is 9.12. The molecule has 13 heavy (non-hydrogen) atoms. The van der Waals surface area contributed by atoms with Crippen molar-refractivity contribution in [3.63, 3.8) is 0 Å².